The predicted molar refractivity (Wildman–Crippen MR) is 157 cm³/mol. The average Bonchev–Trinajstić information content (AvgIpc) is 3.21. The number of allylic oxidation sites excluding steroid dienone is 8. The molecule has 35 heavy (non-hydrogen) atoms. The van der Waals surface area contributed by atoms with Crippen molar-refractivity contribution in [1.82, 2.24) is 0 Å². The van der Waals surface area contributed by atoms with Crippen LogP contribution in [0.25, 0.3) is 0 Å². The highest BCUT2D eigenvalue weighted by Gasteiger charge is 2.51. The molecule has 0 saturated heterocycles. The number of rotatable bonds is 4. The Morgan fingerprint density at radius 3 is 1.60 bits per heavy atom. The number of hydrogen-bond acceptors (Lipinski definition) is 0. The molecular formula is C32H38Cl2Si. The van der Waals surface area contributed by atoms with E-state index in [1.54, 1.807) is 0 Å². The first-order valence-electron chi connectivity index (χ1n) is 12.6. The molecule has 0 atom stereocenters. The smallest absolute Gasteiger partial charge is 0.0883 e. The average molecular weight is 522 g/mol. The second-order valence-electron chi connectivity index (χ2n) is 12.1. The maximum absolute atomic E-state index is 7.53. The third kappa shape index (κ3) is 4.35. The van der Waals surface area contributed by atoms with Gasteiger partial charge in [0.05, 0.1) is 14.9 Å². The molecule has 0 N–H and O–H groups in total. The lowest BCUT2D eigenvalue weighted by atomic mass is 9.63. The molecule has 2 aliphatic rings. The van der Waals surface area contributed by atoms with E-state index >= 15 is 0 Å². The summed E-state index contributed by atoms with van der Waals surface area (Å²) >= 11 is 14.3. The van der Waals surface area contributed by atoms with E-state index in [0.717, 1.165) is 16.5 Å². The Balaban J connectivity index is 2.08. The van der Waals surface area contributed by atoms with Crippen molar-refractivity contribution in [2.45, 2.75) is 67.2 Å². The zero-order valence-corrected chi connectivity index (χ0v) is 25.4. The lowest BCUT2D eigenvalue weighted by Crippen LogP contribution is -2.35. The van der Waals surface area contributed by atoms with Gasteiger partial charge in [-0.25, -0.2) is 0 Å². The highest BCUT2D eigenvalue weighted by Crippen LogP contribution is 2.60. The van der Waals surface area contributed by atoms with Crippen LogP contribution in [0.15, 0.2) is 103 Å². The van der Waals surface area contributed by atoms with Crippen LogP contribution in [0.2, 0.25) is 0 Å². The molecule has 2 aromatic carbocycles. The van der Waals surface area contributed by atoms with Crippen molar-refractivity contribution in [2.24, 2.45) is 10.8 Å². The molecule has 0 radical (unpaired) electrons. The molecule has 2 aromatic rings. The van der Waals surface area contributed by atoms with Gasteiger partial charge >= 0.3 is 0 Å². The molecule has 0 fully saturated rings. The van der Waals surface area contributed by atoms with Crippen LogP contribution in [0, 0.1) is 10.8 Å². The molecule has 3 heteroatoms. The van der Waals surface area contributed by atoms with E-state index in [2.05, 4.69) is 116 Å². The highest BCUT2D eigenvalue weighted by molar-refractivity contribution is 6.59. The fourth-order valence-corrected chi connectivity index (χ4v) is 10.2. The second-order valence-corrected chi connectivity index (χ2v) is 14.7. The van der Waals surface area contributed by atoms with E-state index in [0.29, 0.717) is 0 Å². The summed E-state index contributed by atoms with van der Waals surface area (Å²) in [4.78, 5) is 0. The Hall–Kier alpha value is -1.80. The summed E-state index contributed by atoms with van der Waals surface area (Å²) in [6, 6.07) is 21.7. The molecular weight excluding hydrogens is 483 g/mol. The van der Waals surface area contributed by atoms with Crippen LogP contribution < -0.4 is 0 Å². The Bertz CT molecular complexity index is 1220. The van der Waals surface area contributed by atoms with E-state index in [4.69, 9.17) is 23.2 Å². The Labute approximate surface area is 224 Å². The summed E-state index contributed by atoms with van der Waals surface area (Å²) in [6.45, 7) is 18.5. The summed E-state index contributed by atoms with van der Waals surface area (Å²) in [5, 5.41) is 4.99. The zero-order chi connectivity index (χ0) is 25.8. The summed E-state index contributed by atoms with van der Waals surface area (Å²) < 4.78 is 0. The molecule has 0 spiro atoms. The molecule has 0 heterocycles. The molecule has 4 rings (SSSR count). The third-order valence-corrected chi connectivity index (χ3v) is 11.3. The van der Waals surface area contributed by atoms with Crippen molar-refractivity contribution in [2.75, 3.05) is 0 Å². The SMILES string of the molecule is CC1=C(Cl)CC(C(C)(C)C)=C1[SiH2]C1=C(C(C)(C)C)C(c2ccccc2)(c2ccccc2)C(Cl)=C1C. The van der Waals surface area contributed by atoms with Crippen LogP contribution in [0.4, 0.5) is 0 Å². The van der Waals surface area contributed by atoms with Gasteiger partial charge in [0.15, 0.2) is 0 Å². The molecule has 2 aliphatic carbocycles. The first-order valence-corrected chi connectivity index (χ1v) is 14.8. The maximum atomic E-state index is 7.53. The van der Waals surface area contributed by atoms with Crippen LogP contribution in [0.1, 0.15) is 72.9 Å². The van der Waals surface area contributed by atoms with Gasteiger partial charge in [0, 0.05) is 16.5 Å². The van der Waals surface area contributed by atoms with Gasteiger partial charge in [-0.05, 0) is 52.5 Å². The van der Waals surface area contributed by atoms with Gasteiger partial charge in [0.1, 0.15) is 0 Å². The summed E-state index contributed by atoms with van der Waals surface area (Å²) in [5.74, 6) is 0. The summed E-state index contributed by atoms with van der Waals surface area (Å²) in [7, 11) is -0.853. The maximum Gasteiger partial charge on any atom is 0.0883 e. The van der Waals surface area contributed by atoms with Crippen molar-refractivity contribution >= 4 is 32.7 Å². The van der Waals surface area contributed by atoms with Crippen LogP contribution >= 0.6 is 23.2 Å². The van der Waals surface area contributed by atoms with Gasteiger partial charge in [-0.3, -0.25) is 0 Å². The minimum absolute atomic E-state index is 0.0750. The van der Waals surface area contributed by atoms with Crippen molar-refractivity contribution in [3.63, 3.8) is 0 Å². The minimum Gasteiger partial charge on any atom is -0.0885 e. The van der Waals surface area contributed by atoms with Crippen LogP contribution in [-0.2, 0) is 5.41 Å². The van der Waals surface area contributed by atoms with Crippen molar-refractivity contribution < 1.29 is 0 Å². The van der Waals surface area contributed by atoms with Crippen molar-refractivity contribution in [1.29, 1.82) is 0 Å². The van der Waals surface area contributed by atoms with Gasteiger partial charge in [-0.15, -0.1) is 0 Å². The van der Waals surface area contributed by atoms with Gasteiger partial charge in [-0.1, -0.05) is 141 Å². The molecule has 0 aromatic heterocycles. The molecule has 0 saturated carbocycles. The summed E-state index contributed by atoms with van der Waals surface area (Å²) in [5.41, 5.74) is 7.54. The number of benzene rings is 2. The standard InChI is InChI=1S/C32H38Cl2Si/c1-20-25(33)19-24(30(3,4)5)26(20)35-27-21(2)29(34)32(28(27)31(6,7)8,22-15-11-9-12-16-22)23-17-13-10-14-18-23/h9-18H,19,35H2,1-8H3. The van der Waals surface area contributed by atoms with E-state index < -0.39 is 14.9 Å². The second kappa shape index (κ2) is 9.25. The van der Waals surface area contributed by atoms with Crippen LogP contribution in [-0.4, -0.2) is 9.52 Å². The lowest BCUT2D eigenvalue weighted by Gasteiger charge is -2.41. The predicted octanol–water partition coefficient (Wildman–Crippen LogP) is 9.18. The van der Waals surface area contributed by atoms with E-state index in [1.807, 2.05) is 0 Å². The van der Waals surface area contributed by atoms with Gasteiger partial charge in [0.25, 0.3) is 0 Å². The normalized spacial score (nSPS) is 19.3. The zero-order valence-electron chi connectivity index (χ0n) is 22.4. The molecule has 0 aliphatic heterocycles. The fourth-order valence-electron chi connectivity index (χ4n) is 6.18. The third-order valence-electron chi connectivity index (χ3n) is 7.77. The Morgan fingerprint density at radius 2 is 1.17 bits per heavy atom. The van der Waals surface area contributed by atoms with Crippen molar-refractivity contribution in [3.8, 4) is 0 Å². The molecule has 0 bridgehead atoms. The quantitative estimate of drug-likeness (QED) is 0.352. The fraction of sp³-hybridized carbons (Fsp3) is 0.375. The Morgan fingerprint density at radius 1 is 0.686 bits per heavy atom. The minimum atomic E-state index is -0.853. The summed E-state index contributed by atoms with van der Waals surface area (Å²) in [6.07, 6.45) is 0.885. The first-order chi connectivity index (χ1) is 16.3. The van der Waals surface area contributed by atoms with Crippen LogP contribution in [0.5, 0.6) is 0 Å². The largest absolute Gasteiger partial charge is 0.0885 e. The molecule has 0 nitrogen and oxygen atoms in total. The van der Waals surface area contributed by atoms with E-state index in [-0.39, 0.29) is 10.8 Å². The highest BCUT2D eigenvalue weighted by atomic mass is 35.5. The number of halogens is 2. The monoisotopic (exact) mass is 520 g/mol. The topological polar surface area (TPSA) is 0 Å². The van der Waals surface area contributed by atoms with Gasteiger partial charge < -0.3 is 0 Å². The van der Waals surface area contributed by atoms with E-state index in [1.165, 1.54) is 43.8 Å². The van der Waals surface area contributed by atoms with Gasteiger partial charge in [0.2, 0.25) is 0 Å². The van der Waals surface area contributed by atoms with E-state index in [9.17, 15) is 0 Å². The molecule has 0 amide bonds. The van der Waals surface area contributed by atoms with Crippen LogP contribution in [0.3, 0.4) is 0 Å². The van der Waals surface area contributed by atoms with Crippen molar-refractivity contribution in [3.05, 3.63) is 115 Å². The Kier molecular flexibility index (Phi) is 6.94. The van der Waals surface area contributed by atoms with Gasteiger partial charge in [-0.2, -0.15) is 0 Å². The lowest BCUT2D eigenvalue weighted by molar-refractivity contribution is 0.448. The molecule has 0 unspecified atom stereocenters. The molecule has 184 valence electrons. The first kappa shape index (κ1) is 26.3. The number of hydrogen-bond donors (Lipinski definition) is 0.